The number of likely N-dealkylation sites (N-methyl/N-ethyl adjacent to an activating group) is 1. The van der Waals surface area contributed by atoms with Gasteiger partial charge in [-0.2, -0.15) is 0 Å². The Morgan fingerprint density at radius 1 is 0.929 bits per heavy atom. The standard InChI is InChI=1S/C25H28N2O/c1-16-4-8-18(9-5-16)21-14-20-12-13-23(27(20)3)25(21)24-15-22(26-28-24)19-10-6-17(2)7-11-19/h4-11,15,20-21,23,25H,12-14H2,1-3H3/t20-,21-,23?,25+/m1/s1. The maximum absolute atomic E-state index is 5.99. The van der Waals surface area contributed by atoms with Gasteiger partial charge in [-0.3, -0.25) is 4.90 Å². The van der Waals surface area contributed by atoms with E-state index in [1.165, 1.54) is 36.0 Å². The summed E-state index contributed by atoms with van der Waals surface area (Å²) in [4.78, 5) is 2.59. The molecule has 2 aliphatic rings. The maximum Gasteiger partial charge on any atom is 0.142 e. The van der Waals surface area contributed by atoms with Crippen LogP contribution in [0.25, 0.3) is 11.3 Å². The molecule has 2 fully saturated rings. The van der Waals surface area contributed by atoms with Gasteiger partial charge in [-0.05, 0) is 51.6 Å². The van der Waals surface area contributed by atoms with Gasteiger partial charge in [0, 0.05) is 29.6 Å². The van der Waals surface area contributed by atoms with Crippen molar-refractivity contribution in [1.29, 1.82) is 0 Å². The SMILES string of the molecule is Cc1ccc(-c2cc([C@@H]3C4CC[C@H](C[C@@H]3c3ccc(C)cc3)N4C)on2)cc1. The topological polar surface area (TPSA) is 29.3 Å². The molecule has 0 saturated carbocycles. The van der Waals surface area contributed by atoms with Gasteiger partial charge < -0.3 is 4.52 Å². The van der Waals surface area contributed by atoms with E-state index in [2.05, 4.69) is 85.5 Å². The van der Waals surface area contributed by atoms with Crippen LogP contribution in [-0.2, 0) is 0 Å². The molecular formula is C25H28N2O. The van der Waals surface area contributed by atoms with E-state index in [4.69, 9.17) is 4.52 Å². The van der Waals surface area contributed by atoms with Crippen LogP contribution in [0.15, 0.2) is 59.1 Å². The second-order valence-corrected chi connectivity index (χ2v) is 8.72. The Labute approximate surface area is 167 Å². The van der Waals surface area contributed by atoms with E-state index < -0.39 is 0 Å². The number of hydrogen-bond acceptors (Lipinski definition) is 3. The van der Waals surface area contributed by atoms with Crippen molar-refractivity contribution in [3.63, 3.8) is 0 Å². The molecular weight excluding hydrogens is 344 g/mol. The summed E-state index contributed by atoms with van der Waals surface area (Å²) in [6.45, 7) is 4.27. The number of benzene rings is 2. The van der Waals surface area contributed by atoms with Gasteiger partial charge in [0.15, 0.2) is 0 Å². The summed E-state index contributed by atoms with van der Waals surface area (Å²) < 4.78 is 5.99. The normalized spacial score (nSPS) is 27.2. The van der Waals surface area contributed by atoms with Crippen LogP contribution in [0.5, 0.6) is 0 Å². The highest BCUT2D eigenvalue weighted by Gasteiger charge is 2.48. The van der Waals surface area contributed by atoms with Crippen molar-refractivity contribution in [1.82, 2.24) is 10.1 Å². The van der Waals surface area contributed by atoms with Crippen molar-refractivity contribution < 1.29 is 4.52 Å². The Balaban J connectivity index is 1.53. The first-order chi connectivity index (χ1) is 13.6. The van der Waals surface area contributed by atoms with Gasteiger partial charge in [0.25, 0.3) is 0 Å². The molecule has 1 unspecified atom stereocenters. The van der Waals surface area contributed by atoms with Crippen molar-refractivity contribution in [3.8, 4) is 11.3 Å². The van der Waals surface area contributed by atoms with E-state index in [9.17, 15) is 0 Å². The number of hydrogen-bond donors (Lipinski definition) is 0. The molecule has 2 bridgehead atoms. The highest BCUT2D eigenvalue weighted by atomic mass is 16.5. The van der Waals surface area contributed by atoms with E-state index in [1.807, 2.05) is 0 Å². The van der Waals surface area contributed by atoms with Gasteiger partial charge in [-0.1, -0.05) is 64.8 Å². The Morgan fingerprint density at radius 3 is 2.32 bits per heavy atom. The lowest BCUT2D eigenvalue weighted by molar-refractivity contribution is 0.122. The van der Waals surface area contributed by atoms with E-state index in [-0.39, 0.29) is 0 Å². The van der Waals surface area contributed by atoms with Gasteiger partial charge in [0.2, 0.25) is 0 Å². The molecule has 3 heterocycles. The van der Waals surface area contributed by atoms with Crippen LogP contribution in [0.2, 0.25) is 0 Å². The van der Waals surface area contributed by atoms with Gasteiger partial charge in [0.1, 0.15) is 11.5 Å². The molecule has 0 aliphatic carbocycles. The summed E-state index contributed by atoms with van der Waals surface area (Å²) in [6, 6.07) is 21.0. The minimum atomic E-state index is 0.359. The molecule has 2 aromatic carbocycles. The molecule has 0 radical (unpaired) electrons. The summed E-state index contributed by atoms with van der Waals surface area (Å²) in [7, 11) is 2.29. The Bertz CT molecular complexity index is 957. The molecule has 0 amide bonds. The molecule has 3 heteroatoms. The summed E-state index contributed by atoms with van der Waals surface area (Å²) in [5, 5.41) is 4.45. The van der Waals surface area contributed by atoms with Crippen LogP contribution in [0.1, 0.15) is 53.5 Å². The van der Waals surface area contributed by atoms with Gasteiger partial charge in [0.05, 0.1) is 0 Å². The van der Waals surface area contributed by atoms with Crippen molar-refractivity contribution in [2.24, 2.45) is 0 Å². The monoisotopic (exact) mass is 372 g/mol. The Morgan fingerprint density at radius 2 is 1.61 bits per heavy atom. The number of fused-ring (bicyclic) bond motifs is 2. The number of rotatable bonds is 3. The lowest BCUT2D eigenvalue weighted by Crippen LogP contribution is -2.44. The average molecular weight is 373 g/mol. The maximum atomic E-state index is 5.99. The highest BCUT2D eigenvalue weighted by molar-refractivity contribution is 5.59. The largest absolute Gasteiger partial charge is 0.360 e. The van der Waals surface area contributed by atoms with Crippen LogP contribution in [0, 0.1) is 13.8 Å². The van der Waals surface area contributed by atoms with E-state index in [0.717, 1.165) is 17.0 Å². The minimum absolute atomic E-state index is 0.359. The van der Waals surface area contributed by atoms with Crippen LogP contribution < -0.4 is 0 Å². The number of piperidine rings is 1. The third-order valence-electron chi connectivity index (χ3n) is 6.98. The van der Waals surface area contributed by atoms with Crippen LogP contribution in [0.3, 0.4) is 0 Å². The fraction of sp³-hybridized carbons (Fsp3) is 0.400. The first-order valence-corrected chi connectivity index (χ1v) is 10.4. The zero-order valence-corrected chi connectivity index (χ0v) is 16.9. The van der Waals surface area contributed by atoms with E-state index in [1.54, 1.807) is 0 Å². The Hall–Kier alpha value is -2.39. The van der Waals surface area contributed by atoms with E-state index >= 15 is 0 Å². The van der Waals surface area contributed by atoms with Crippen LogP contribution in [0.4, 0.5) is 0 Å². The summed E-state index contributed by atoms with van der Waals surface area (Å²) in [5.41, 5.74) is 6.09. The third kappa shape index (κ3) is 2.98. The quantitative estimate of drug-likeness (QED) is 0.591. The highest BCUT2D eigenvalue weighted by Crippen LogP contribution is 2.51. The molecule has 5 rings (SSSR count). The van der Waals surface area contributed by atoms with Gasteiger partial charge in [-0.25, -0.2) is 0 Å². The molecule has 28 heavy (non-hydrogen) atoms. The van der Waals surface area contributed by atoms with Crippen molar-refractivity contribution in [2.45, 2.75) is 57.0 Å². The van der Waals surface area contributed by atoms with Crippen LogP contribution in [-0.4, -0.2) is 29.2 Å². The average Bonchev–Trinajstić information content (AvgIpc) is 3.26. The lowest BCUT2D eigenvalue weighted by Gasteiger charge is -2.42. The molecule has 0 N–H and O–H groups in total. The first-order valence-electron chi connectivity index (χ1n) is 10.4. The predicted octanol–water partition coefficient (Wildman–Crippen LogP) is 5.69. The fourth-order valence-electron chi connectivity index (χ4n) is 5.32. The second kappa shape index (κ2) is 6.89. The molecule has 3 nitrogen and oxygen atoms in total. The number of nitrogens with zero attached hydrogens (tertiary/aromatic N) is 2. The minimum Gasteiger partial charge on any atom is -0.360 e. The smallest absolute Gasteiger partial charge is 0.142 e. The summed E-state index contributed by atoms with van der Waals surface area (Å²) >= 11 is 0. The van der Waals surface area contributed by atoms with Crippen molar-refractivity contribution in [3.05, 3.63) is 77.0 Å². The van der Waals surface area contributed by atoms with Crippen molar-refractivity contribution in [2.75, 3.05) is 7.05 Å². The fourth-order valence-corrected chi connectivity index (χ4v) is 5.32. The summed E-state index contributed by atoms with van der Waals surface area (Å²) in [5.74, 6) is 1.89. The molecule has 2 aliphatic heterocycles. The molecule has 3 aromatic rings. The summed E-state index contributed by atoms with van der Waals surface area (Å²) in [6.07, 6.45) is 3.73. The molecule has 4 atom stereocenters. The van der Waals surface area contributed by atoms with Gasteiger partial charge >= 0.3 is 0 Å². The predicted molar refractivity (Wildman–Crippen MR) is 113 cm³/mol. The zero-order valence-electron chi connectivity index (χ0n) is 16.9. The molecule has 2 saturated heterocycles. The van der Waals surface area contributed by atoms with Crippen molar-refractivity contribution >= 4 is 0 Å². The number of aromatic nitrogens is 1. The van der Waals surface area contributed by atoms with Crippen LogP contribution >= 0.6 is 0 Å². The van der Waals surface area contributed by atoms with E-state index in [0.29, 0.717) is 23.9 Å². The first kappa shape index (κ1) is 17.7. The number of aryl methyl sites for hydroxylation is 2. The molecule has 144 valence electrons. The molecule has 0 spiro atoms. The molecule has 1 aromatic heterocycles. The second-order valence-electron chi connectivity index (χ2n) is 8.72. The van der Waals surface area contributed by atoms with Gasteiger partial charge in [-0.15, -0.1) is 0 Å². The Kier molecular flexibility index (Phi) is 4.36. The third-order valence-corrected chi connectivity index (χ3v) is 6.98. The lowest BCUT2D eigenvalue weighted by atomic mass is 9.74. The zero-order chi connectivity index (χ0) is 19.3.